The number of aromatic nitrogens is 4. The van der Waals surface area contributed by atoms with Crippen LogP contribution in [0.5, 0.6) is 5.75 Å². The number of rotatable bonds is 7. The van der Waals surface area contributed by atoms with Crippen molar-refractivity contribution >= 4 is 51.3 Å². The number of anilines is 5. The summed E-state index contributed by atoms with van der Waals surface area (Å²) in [7, 11) is 4.84. The second kappa shape index (κ2) is 10.0. The topological polar surface area (TPSA) is 133 Å². The quantitative estimate of drug-likeness (QED) is 0.331. The number of methoxy groups -OCH3 is 2. The Hall–Kier alpha value is -4.27. The Labute approximate surface area is 217 Å². The highest BCUT2D eigenvalue weighted by Crippen LogP contribution is 2.36. The van der Waals surface area contributed by atoms with E-state index in [2.05, 4.69) is 36.7 Å². The lowest BCUT2D eigenvalue weighted by molar-refractivity contribution is 0.121. The maximum atomic E-state index is 12.8. The van der Waals surface area contributed by atoms with E-state index >= 15 is 0 Å². The zero-order valence-electron chi connectivity index (χ0n) is 20.5. The van der Waals surface area contributed by atoms with E-state index in [0.29, 0.717) is 57.1 Å². The Morgan fingerprint density at radius 3 is 2.73 bits per heavy atom. The molecule has 0 spiro atoms. The molecule has 5 rings (SSSR count). The molecule has 4 heterocycles. The first-order chi connectivity index (χ1) is 17.9. The second-order valence-corrected chi connectivity index (χ2v) is 9.00. The summed E-state index contributed by atoms with van der Waals surface area (Å²) in [5.74, 6) is 1.31. The SMILES string of the molecule is COc1c(Cl)cccc1Nc1cc(Nc2ccc(N3CCC(OC)C3)c(C#N)n2)nc2[nH]n(C)c(=O)c12. The molecule has 1 aliphatic rings. The number of fused-ring (bicyclic) bond motifs is 1. The van der Waals surface area contributed by atoms with Crippen LogP contribution in [0.15, 0.2) is 41.2 Å². The molecule has 0 amide bonds. The van der Waals surface area contributed by atoms with Gasteiger partial charge in [-0.3, -0.25) is 14.6 Å². The minimum absolute atomic E-state index is 0.136. The molecule has 4 aromatic rings. The number of nitriles is 1. The molecule has 1 aromatic carbocycles. The zero-order chi connectivity index (χ0) is 26.1. The van der Waals surface area contributed by atoms with Gasteiger partial charge >= 0.3 is 0 Å². The predicted molar refractivity (Wildman–Crippen MR) is 142 cm³/mol. The maximum Gasteiger partial charge on any atom is 0.277 e. The molecule has 1 saturated heterocycles. The normalized spacial score (nSPS) is 15.1. The van der Waals surface area contributed by atoms with Crippen LogP contribution < -0.4 is 25.8 Å². The molecule has 190 valence electrons. The highest BCUT2D eigenvalue weighted by Gasteiger charge is 2.25. The van der Waals surface area contributed by atoms with Crippen molar-refractivity contribution in [3.8, 4) is 11.8 Å². The number of ether oxygens (including phenoxy) is 2. The van der Waals surface area contributed by atoms with E-state index in [4.69, 9.17) is 21.1 Å². The Bertz CT molecular complexity index is 1570. The van der Waals surface area contributed by atoms with Crippen molar-refractivity contribution in [3.05, 3.63) is 57.5 Å². The van der Waals surface area contributed by atoms with Crippen LogP contribution in [0.4, 0.5) is 28.7 Å². The van der Waals surface area contributed by atoms with Crippen molar-refractivity contribution in [2.75, 3.05) is 42.8 Å². The van der Waals surface area contributed by atoms with Crippen molar-refractivity contribution < 1.29 is 9.47 Å². The van der Waals surface area contributed by atoms with Gasteiger partial charge in [0.2, 0.25) is 0 Å². The van der Waals surface area contributed by atoms with Crippen LogP contribution in [0, 0.1) is 11.3 Å². The van der Waals surface area contributed by atoms with Gasteiger partial charge in [-0.1, -0.05) is 17.7 Å². The smallest absolute Gasteiger partial charge is 0.277 e. The van der Waals surface area contributed by atoms with Gasteiger partial charge in [0.25, 0.3) is 5.56 Å². The number of halogens is 1. The number of aromatic amines is 1. The van der Waals surface area contributed by atoms with E-state index in [0.717, 1.165) is 18.7 Å². The van der Waals surface area contributed by atoms with Gasteiger partial charge in [0.1, 0.15) is 23.1 Å². The number of hydrogen-bond acceptors (Lipinski definition) is 9. The lowest BCUT2D eigenvalue weighted by Gasteiger charge is -2.19. The van der Waals surface area contributed by atoms with Crippen molar-refractivity contribution in [2.24, 2.45) is 7.05 Å². The second-order valence-electron chi connectivity index (χ2n) is 8.59. The lowest BCUT2D eigenvalue weighted by Crippen LogP contribution is -2.23. The van der Waals surface area contributed by atoms with Crippen molar-refractivity contribution in [3.63, 3.8) is 0 Å². The third kappa shape index (κ3) is 4.64. The van der Waals surface area contributed by atoms with Gasteiger partial charge in [-0.2, -0.15) is 5.26 Å². The molecule has 0 saturated carbocycles. The van der Waals surface area contributed by atoms with Crippen molar-refractivity contribution in [1.29, 1.82) is 5.26 Å². The van der Waals surface area contributed by atoms with Gasteiger partial charge in [0.05, 0.1) is 35.3 Å². The summed E-state index contributed by atoms with van der Waals surface area (Å²) in [6.45, 7) is 1.50. The molecule has 1 atom stereocenters. The van der Waals surface area contributed by atoms with Crippen LogP contribution in [-0.2, 0) is 11.8 Å². The molecule has 0 radical (unpaired) electrons. The number of nitrogens with one attached hydrogen (secondary N) is 3. The highest BCUT2D eigenvalue weighted by atomic mass is 35.5. The minimum atomic E-state index is -0.244. The largest absolute Gasteiger partial charge is 0.493 e. The number of pyridine rings is 2. The summed E-state index contributed by atoms with van der Waals surface area (Å²) < 4.78 is 12.2. The molecule has 0 aliphatic carbocycles. The summed E-state index contributed by atoms with van der Waals surface area (Å²) in [5, 5.41) is 19.9. The number of nitrogens with zero attached hydrogens (tertiary/aromatic N) is 5. The molecular formula is C25H25ClN8O3. The fourth-order valence-electron chi connectivity index (χ4n) is 4.47. The Morgan fingerprint density at radius 1 is 1.16 bits per heavy atom. The highest BCUT2D eigenvalue weighted by molar-refractivity contribution is 6.32. The van der Waals surface area contributed by atoms with Gasteiger partial charge in [0.15, 0.2) is 17.1 Å². The number of para-hydroxylation sites is 1. The van der Waals surface area contributed by atoms with Crippen molar-refractivity contribution in [1.82, 2.24) is 19.7 Å². The van der Waals surface area contributed by atoms with Gasteiger partial charge in [-0.05, 0) is 30.7 Å². The van der Waals surface area contributed by atoms with E-state index in [1.165, 1.54) is 11.8 Å². The predicted octanol–water partition coefficient (Wildman–Crippen LogP) is 3.90. The van der Waals surface area contributed by atoms with Gasteiger partial charge in [-0.25, -0.2) is 9.97 Å². The van der Waals surface area contributed by atoms with Crippen LogP contribution in [0.2, 0.25) is 5.02 Å². The van der Waals surface area contributed by atoms with Crippen LogP contribution in [0.25, 0.3) is 11.0 Å². The number of aryl methyl sites for hydroxylation is 1. The minimum Gasteiger partial charge on any atom is -0.493 e. The summed E-state index contributed by atoms with van der Waals surface area (Å²) in [6, 6.07) is 12.8. The average Bonchev–Trinajstić information content (AvgIpc) is 3.48. The Balaban J connectivity index is 1.51. The summed E-state index contributed by atoms with van der Waals surface area (Å²) >= 11 is 6.29. The maximum absolute atomic E-state index is 12.8. The summed E-state index contributed by atoms with van der Waals surface area (Å²) in [6.07, 6.45) is 1.03. The van der Waals surface area contributed by atoms with E-state index in [1.807, 2.05) is 6.07 Å². The standard InChI is InChI=1S/C25H25ClN8O3/c1-33-25(35)22-17(28-16-6-4-5-15(26)23(16)37-3)11-21(31-24(22)32-33)30-20-8-7-19(18(12-27)29-20)34-10-9-14(13-34)36-2/h4-8,11,14H,9-10,13H2,1-3H3,(H3,28,29,30,31,32). The molecule has 1 unspecified atom stereocenters. The number of benzene rings is 1. The number of hydrogen-bond donors (Lipinski definition) is 3. The molecule has 12 heteroatoms. The first kappa shape index (κ1) is 24.4. The molecule has 37 heavy (non-hydrogen) atoms. The molecule has 3 N–H and O–H groups in total. The molecule has 1 fully saturated rings. The van der Waals surface area contributed by atoms with Gasteiger partial charge in [-0.15, -0.1) is 0 Å². The van der Waals surface area contributed by atoms with Crippen LogP contribution >= 0.6 is 11.6 Å². The third-order valence-electron chi connectivity index (χ3n) is 6.31. The lowest BCUT2D eigenvalue weighted by atomic mass is 10.2. The zero-order valence-corrected chi connectivity index (χ0v) is 21.3. The van der Waals surface area contributed by atoms with Crippen molar-refractivity contribution in [2.45, 2.75) is 12.5 Å². The van der Waals surface area contributed by atoms with Gasteiger partial charge in [0, 0.05) is 33.3 Å². The molecule has 3 aromatic heterocycles. The molecule has 0 bridgehead atoms. The fraction of sp³-hybridized carbons (Fsp3) is 0.280. The first-order valence-electron chi connectivity index (χ1n) is 11.6. The van der Waals surface area contributed by atoms with E-state index < -0.39 is 0 Å². The van der Waals surface area contributed by atoms with Crippen LogP contribution in [0.3, 0.4) is 0 Å². The van der Waals surface area contributed by atoms with E-state index in [-0.39, 0.29) is 11.7 Å². The molecule has 1 aliphatic heterocycles. The average molecular weight is 521 g/mol. The number of H-pyrrole nitrogens is 1. The van der Waals surface area contributed by atoms with E-state index in [9.17, 15) is 10.1 Å². The van der Waals surface area contributed by atoms with Gasteiger partial charge < -0.3 is 25.0 Å². The first-order valence-corrected chi connectivity index (χ1v) is 11.9. The summed E-state index contributed by atoms with van der Waals surface area (Å²) in [4.78, 5) is 24.0. The third-order valence-corrected chi connectivity index (χ3v) is 6.60. The molecular weight excluding hydrogens is 496 g/mol. The fourth-order valence-corrected chi connectivity index (χ4v) is 4.72. The van der Waals surface area contributed by atoms with E-state index in [1.54, 1.807) is 44.5 Å². The van der Waals surface area contributed by atoms with Crippen LogP contribution in [-0.4, -0.2) is 53.2 Å². The van der Waals surface area contributed by atoms with Crippen LogP contribution in [0.1, 0.15) is 12.1 Å². The molecule has 11 nitrogen and oxygen atoms in total. The Morgan fingerprint density at radius 2 is 2.00 bits per heavy atom. The Kier molecular flexibility index (Phi) is 6.60. The summed E-state index contributed by atoms with van der Waals surface area (Å²) in [5.41, 5.74) is 2.28. The monoisotopic (exact) mass is 520 g/mol.